The van der Waals surface area contributed by atoms with Gasteiger partial charge in [0.25, 0.3) is 0 Å². The summed E-state index contributed by atoms with van der Waals surface area (Å²) in [5, 5.41) is 11.1. The number of carbonyl (C=O) groups is 1. The van der Waals surface area contributed by atoms with E-state index in [1.165, 1.54) is 0 Å². The Kier molecular flexibility index (Phi) is 4.80. The molecule has 138 valence electrons. The lowest BCUT2D eigenvalue weighted by Gasteiger charge is -2.26. The molecule has 8 nitrogen and oxygen atoms in total. The van der Waals surface area contributed by atoms with E-state index in [1.54, 1.807) is 30.7 Å². The Labute approximate surface area is 155 Å². The van der Waals surface area contributed by atoms with Crippen LogP contribution in [-0.4, -0.2) is 43.9 Å². The molecule has 1 aliphatic rings. The zero-order valence-electron chi connectivity index (χ0n) is 14.3. The van der Waals surface area contributed by atoms with Crippen molar-refractivity contribution >= 4 is 34.4 Å². The number of fused-ring (bicyclic) bond motifs is 1. The number of ether oxygens (including phenoxy) is 2. The molecule has 0 spiro atoms. The molecule has 2 aromatic rings. The lowest BCUT2D eigenvalue weighted by atomic mass is 9.99. The average Bonchev–Trinajstić information content (AvgIpc) is 3.14. The number of anilines is 1. The summed E-state index contributed by atoms with van der Waals surface area (Å²) in [7, 11) is 0. The van der Waals surface area contributed by atoms with Crippen molar-refractivity contribution in [3.8, 4) is 12.3 Å². The van der Waals surface area contributed by atoms with Crippen molar-refractivity contribution in [3.05, 3.63) is 17.5 Å². The quantitative estimate of drug-likeness (QED) is 0.471. The second kappa shape index (κ2) is 6.76. The Morgan fingerprint density at radius 3 is 3.04 bits per heavy atom. The summed E-state index contributed by atoms with van der Waals surface area (Å²) in [5.41, 5.74) is 4.88. The van der Waals surface area contributed by atoms with Crippen molar-refractivity contribution < 1.29 is 19.4 Å². The van der Waals surface area contributed by atoms with Gasteiger partial charge < -0.3 is 24.9 Å². The van der Waals surface area contributed by atoms with E-state index in [4.69, 9.17) is 33.2 Å². The van der Waals surface area contributed by atoms with Crippen LogP contribution in [0.5, 0.6) is 0 Å². The molecule has 1 aliphatic heterocycles. The summed E-state index contributed by atoms with van der Waals surface area (Å²) in [5.74, 6) is 1.95. The van der Waals surface area contributed by atoms with Gasteiger partial charge in [-0.3, -0.25) is 4.79 Å². The van der Waals surface area contributed by atoms with Crippen molar-refractivity contribution in [1.82, 2.24) is 14.5 Å². The number of esters is 1. The number of nitrogen functional groups attached to an aromatic ring is 1. The molecule has 0 aliphatic carbocycles. The van der Waals surface area contributed by atoms with Gasteiger partial charge in [-0.2, -0.15) is 4.98 Å². The Morgan fingerprint density at radius 1 is 1.65 bits per heavy atom. The Morgan fingerprint density at radius 2 is 2.38 bits per heavy atom. The van der Waals surface area contributed by atoms with Gasteiger partial charge >= 0.3 is 5.97 Å². The third-order valence-electron chi connectivity index (χ3n) is 4.34. The van der Waals surface area contributed by atoms with Crippen LogP contribution >= 0.6 is 11.6 Å². The highest BCUT2D eigenvalue weighted by atomic mass is 35.5. The molecule has 3 rings (SSSR count). The fourth-order valence-corrected chi connectivity index (χ4v) is 3.00. The van der Waals surface area contributed by atoms with Crippen molar-refractivity contribution in [1.29, 1.82) is 0 Å². The molecule has 2 aromatic heterocycles. The van der Waals surface area contributed by atoms with Crippen molar-refractivity contribution in [2.75, 3.05) is 12.3 Å². The highest BCUT2D eigenvalue weighted by Crippen LogP contribution is 2.39. The number of hydrogen-bond acceptors (Lipinski definition) is 7. The monoisotopic (exact) mass is 378 g/mol. The van der Waals surface area contributed by atoms with E-state index in [-0.39, 0.29) is 30.0 Å². The van der Waals surface area contributed by atoms with E-state index in [0.29, 0.717) is 11.0 Å². The van der Waals surface area contributed by atoms with E-state index in [9.17, 15) is 9.90 Å². The molecule has 0 radical (unpaired) electrons. The minimum absolute atomic E-state index is 0.00238. The fourth-order valence-electron chi connectivity index (χ4n) is 2.83. The first-order valence-electron chi connectivity index (χ1n) is 8.07. The summed E-state index contributed by atoms with van der Waals surface area (Å²) >= 11 is 5.89. The molecule has 3 N–H and O–H groups in total. The van der Waals surface area contributed by atoms with Gasteiger partial charge in [0, 0.05) is 12.6 Å². The third kappa shape index (κ3) is 3.09. The number of nitrogens with zero attached hydrogens (tertiary/aromatic N) is 3. The van der Waals surface area contributed by atoms with Crippen molar-refractivity contribution in [3.63, 3.8) is 0 Å². The number of rotatable bonds is 4. The molecule has 0 aromatic carbocycles. The van der Waals surface area contributed by atoms with Crippen LogP contribution in [0.15, 0.2) is 12.3 Å². The summed E-state index contributed by atoms with van der Waals surface area (Å²) in [6, 6.07) is 1.73. The summed E-state index contributed by atoms with van der Waals surface area (Å²) in [6.45, 7) is 3.17. The SMILES string of the molecule is C#C[C@]1(COC(=O)C(C)C)O[C@@H](n2ccc3c(N)nc(Cl)nc32)C[C@@H]1O. The standard InChI is InChI=1S/C17H19ClN4O4/c1-4-17(8-25-15(24)9(2)3)11(23)7-12(26-17)22-6-5-10-13(19)20-16(18)21-14(10)22/h1,5-6,9,11-12,23H,7-8H2,2-3H3,(H2,19,20,21)/t11-,12+,17+/m0/s1. The average molecular weight is 379 g/mol. The van der Waals surface area contributed by atoms with Gasteiger partial charge in [0.1, 0.15) is 30.4 Å². The molecule has 26 heavy (non-hydrogen) atoms. The minimum Gasteiger partial charge on any atom is -0.461 e. The third-order valence-corrected chi connectivity index (χ3v) is 4.51. The Balaban J connectivity index is 1.88. The smallest absolute Gasteiger partial charge is 0.308 e. The summed E-state index contributed by atoms with van der Waals surface area (Å²) in [4.78, 5) is 19.8. The molecule has 3 atom stereocenters. The van der Waals surface area contributed by atoms with E-state index in [0.717, 1.165) is 0 Å². The maximum Gasteiger partial charge on any atom is 0.308 e. The summed E-state index contributed by atoms with van der Waals surface area (Å²) < 4.78 is 12.8. The lowest BCUT2D eigenvalue weighted by molar-refractivity contribution is -0.159. The Hall–Kier alpha value is -2.34. The number of halogens is 1. The van der Waals surface area contributed by atoms with Gasteiger partial charge in [-0.25, -0.2) is 4.98 Å². The number of aromatic nitrogens is 3. The van der Waals surface area contributed by atoms with E-state index in [2.05, 4.69) is 15.9 Å². The van der Waals surface area contributed by atoms with Gasteiger partial charge in [0.05, 0.1) is 11.3 Å². The van der Waals surface area contributed by atoms with Crippen LogP contribution in [0.4, 0.5) is 5.82 Å². The Bertz CT molecular complexity index is 891. The maximum absolute atomic E-state index is 11.7. The lowest BCUT2D eigenvalue weighted by Crippen LogP contribution is -2.43. The molecule has 1 saturated heterocycles. The first kappa shape index (κ1) is 18.5. The van der Waals surface area contributed by atoms with Crippen LogP contribution < -0.4 is 5.73 Å². The highest BCUT2D eigenvalue weighted by molar-refractivity contribution is 6.28. The molecule has 0 unspecified atom stereocenters. The van der Waals surface area contributed by atoms with Gasteiger partial charge in [-0.15, -0.1) is 6.42 Å². The second-order valence-electron chi connectivity index (χ2n) is 6.46. The molecular weight excluding hydrogens is 360 g/mol. The maximum atomic E-state index is 11.7. The molecule has 0 bridgehead atoms. The molecule has 1 fully saturated rings. The van der Waals surface area contributed by atoms with Crippen molar-refractivity contribution in [2.24, 2.45) is 5.92 Å². The number of aliphatic hydroxyl groups is 1. The second-order valence-corrected chi connectivity index (χ2v) is 6.80. The molecule has 9 heteroatoms. The zero-order valence-corrected chi connectivity index (χ0v) is 15.1. The first-order valence-corrected chi connectivity index (χ1v) is 8.45. The van der Waals surface area contributed by atoms with Crippen molar-refractivity contribution in [2.45, 2.75) is 38.2 Å². The van der Waals surface area contributed by atoms with Crippen LogP contribution in [0.1, 0.15) is 26.5 Å². The van der Waals surface area contributed by atoms with Crippen LogP contribution in [0.25, 0.3) is 11.0 Å². The van der Waals surface area contributed by atoms with E-state index >= 15 is 0 Å². The molecule has 0 saturated carbocycles. The normalized spacial score (nSPS) is 25.5. The number of aliphatic hydroxyl groups excluding tert-OH is 1. The van der Waals surface area contributed by atoms with Gasteiger partial charge in [0.15, 0.2) is 5.60 Å². The number of carbonyl (C=O) groups excluding carboxylic acids is 1. The largest absolute Gasteiger partial charge is 0.461 e. The predicted molar refractivity (Wildman–Crippen MR) is 95.1 cm³/mol. The van der Waals surface area contributed by atoms with Crippen LogP contribution in [0, 0.1) is 18.3 Å². The first-order chi connectivity index (χ1) is 12.3. The van der Waals surface area contributed by atoms with E-state index in [1.807, 2.05) is 0 Å². The number of hydrogen-bond donors (Lipinski definition) is 2. The molecule has 3 heterocycles. The minimum atomic E-state index is -1.44. The fraction of sp³-hybridized carbons (Fsp3) is 0.471. The van der Waals surface area contributed by atoms with E-state index < -0.39 is 23.9 Å². The molecular formula is C17H19ClN4O4. The van der Waals surface area contributed by atoms with Gasteiger partial charge in [0.2, 0.25) is 5.28 Å². The van der Waals surface area contributed by atoms with Crippen LogP contribution in [-0.2, 0) is 14.3 Å². The topological polar surface area (TPSA) is 112 Å². The van der Waals surface area contributed by atoms with Crippen LogP contribution in [0.3, 0.4) is 0 Å². The predicted octanol–water partition coefficient (Wildman–Crippen LogP) is 1.52. The highest BCUT2D eigenvalue weighted by Gasteiger charge is 2.49. The number of terminal acetylenes is 1. The summed E-state index contributed by atoms with van der Waals surface area (Å²) in [6.07, 6.45) is 5.84. The zero-order chi connectivity index (χ0) is 19.1. The van der Waals surface area contributed by atoms with Crippen LogP contribution in [0.2, 0.25) is 5.28 Å². The molecule has 0 amide bonds. The number of nitrogens with two attached hydrogens (primary N) is 1. The van der Waals surface area contributed by atoms with Gasteiger partial charge in [-0.05, 0) is 17.7 Å². The van der Waals surface area contributed by atoms with Gasteiger partial charge in [-0.1, -0.05) is 19.8 Å².